The Labute approximate surface area is 162 Å². The van der Waals surface area contributed by atoms with E-state index in [1.165, 1.54) is 6.07 Å². The summed E-state index contributed by atoms with van der Waals surface area (Å²) in [5.74, 6) is -0.0414. The maximum Gasteiger partial charge on any atom is 0.234 e. The number of hydrogen-bond donors (Lipinski definition) is 3. The second kappa shape index (κ2) is 9.14. The number of aryl methyl sites for hydroxylation is 1. The molecule has 0 radical (unpaired) electrons. The van der Waals surface area contributed by atoms with E-state index < -0.39 is 11.9 Å². The minimum atomic E-state index is -0.503. The lowest BCUT2D eigenvalue weighted by atomic mass is 10.1. The number of halogens is 1. The summed E-state index contributed by atoms with van der Waals surface area (Å²) in [5.41, 5.74) is 8.87. The summed E-state index contributed by atoms with van der Waals surface area (Å²) in [7, 11) is 0. The van der Waals surface area contributed by atoms with Crippen molar-refractivity contribution in [1.82, 2.24) is 15.3 Å². The van der Waals surface area contributed by atoms with E-state index in [0.717, 1.165) is 16.8 Å². The number of rotatable bonds is 9. The lowest BCUT2D eigenvalue weighted by Gasteiger charge is -2.16. The number of H-pyrrole nitrogens is 1. The summed E-state index contributed by atoms with van der Waals surface area (Å²) < 4.78 is 19.4. The Bertz CT molecular complexity index is 928. The van der Waals surface area contributed by atoms with Gasteiger partial charge in [-0.15, -0.1) is 0 Å². The third-order valence-corrected chi connectivity index (χ3v) is 4.53. The molecule has 1 heterocycles. The lowest BCUT2D eigenvalue weighted by molar-refractivity contribution is -0.120. The zero-order valence-corrected chi connectivity index (χ0v) is 15.6. The number of imidazole rings is 1. The fourth-order valence-corrected chi connectivity index (χ4v) is 2.86. The van der Waals surface area contributed by atoms with Gasteiger partial charge in [0.2, 0.25) is 5.91 Å². The van der Waals surface area contributed by atoms with Crippen LogP contribution in [0.3, 0.4) is 0 Å². The van der Waals surface area contributed by atoms with Crippen molar-refractivity contribution in [2.75, 3.05) is 0 Å². The van der Waals surface area contributed by atoms with E-state index in [1.807, 2.05) is 25.1 Å². The number of amides is 1. The normalized spacial score (nSPS) is 11.9. The van der Waals surface area contributed by atoms with Gasteiger partial charge in [0.25, 0.3) is 0 Å². The highest BCUT2D eigenvalue weighted by Gasteiger charge is 2.16. The van der Waals surface area contributed by atoms with Crippen molar-refractivity contribution < 1.29 is 13.9 Å². The number of aromatic nitrogens is 2. The molecule has 0 saturated carbocycles. The van der Waals surface area contributed by atoms with E-state index in [-0.39, 0.29) is 12.4 Å². The molecule has 0 fully saturated rings. The molecule has 7 heteroatoms. The molecule has 2 aromatic carbocycles. The van der Waals surface area contributed by atoms with Crippen LogP contribution in [0, 0.1) is 12.7 Å². The van der Waals surface area contributed by atoms with Crippen LogP contribution in [0.2, 0.25) is 0 Å². The van der Waals surface area contributed by atoms with Crippen LogP contribution in [0.4, 0.5) is 4.39 Å². The van der Waals surface area contributed by atoms with Crippen LogP contribution >= 0.6 is 0 Å². The third-order valence-electron chi connectivity index (χ3n) is 4.53. The SMILES string of the molecule is Cc1cc(OCc2ccccc2F)ccc1CNC(Cc1cnc[nH]1)C(N)=O. The molecule has 0 spiro atoms. The van der Waals surface area contributed by atoms with Crippen LogP contribution in [-0.4, -0.2) is 21.9 Å². The van der Waals surface area contributed by atoms with Gasteiger partial charge in [0.15, 0.2) is 0 Å². The monoisotopic (exact) mass is 382 g/mol. The van der Waals surface area contributed by atoms with Gasteiger partial charge in [-0.25, -0.2) is 9.37 Å². The second-order valence-corrected chi connectivity index (χ2v) is 6.59. The Hall–Kier alpha value is -3.19. The van der Waals surface area contributed by atoms with E-state index in [4.69, 9.17) is 10.5 Å². The Balaban J connectivity index is 1.58. The first-order valence-corrected chi connectivity index (χ1v) is 8.98. The molecular formula is C21H23FN4O2. The molecule has 6 nitrogen and oxygen atoms in total. The minimum Gasteiger partial charge on any atom is -0.489 e. The molecule has 1 unspecified atom stereocenters. The van der Waals surface area contributed by atoms with Crippen molar-refractivity contribution in [3.05, 3.63) is 83.2 Å². The fourth-order valence-electron chi connectivity index (χ4n) is 2.86. The number of nitrogens with zero attached hydrogens (tertiary/aromatic N) is 1. The summed E-state index contributed by atoms with van der Waals surface area (Å²) in [4.78, 5) is 18.6. The molecule has 0 aliphatic carbocycles. The van der Waals surface area contributed by atoms with Crippen LogP contribution in [0.25, 0.3) is 0 Å². The molecular weight excluding hydrogens is 359 g/mol. The Kier molecular flexibility index (Phi) is 6.39. The van der Waals surface area contributed by atoms with Gasteiger partial charge in [-0.2, -0.15) is 0 Å². The second-order valence-electron chi connectivity index (χ2n) is 6.59. The Morgan fingerprint density at radius 1 is 1.29 bits per heavy atom. The van der Waals surface area contributed by atoms with Gasteiger partial charge in [-0.3, -0.25) is 4.79 Å². The van der Waals surface area contributed by atoms with Crippen molar-refractivity contribution in [3.8, 4) is 5.75 Å². The number of nitrogens with one attached hydrogen (secondary N) is 2. The number of nitrogens with two attached hydrogens (primary N) is 1. The van der Waals surface area contributed by atoms with Gasteiger partial charge in [0.05, 0.1) is 12.4 Å². The molecule has 28 heavy (non-hydrogen) atoms. The summed E-state index contributed by atoms with van der Waals surface area (Å²) in [6.45, 7) is 2.61. The summed E-state index contributed by atoms with van der Waals surface area (Å²) in [5, 5.41) is 3.19. The molecule has 1 aromatic heterocycles. The average molecular weight is 382 g/mol. The maximum absolute atomic E-state index is 13.7. The molecule has 0 aliphatic rings. The number of carbonyl (C=O) groups is 1. The van der Waals surface area contributed by atoms with Crippen molar-refractivity contribution in [2.24, 2.45) is 5.73 Å². The van der Waals surface area contributed by atoms with Gasteiger partial charge in [0, 0.05) is 30.4 Å². The highest BCUT2D eigenvalue weighted by molar-refractivity contribution is 5.80. The number of aromatic amines is 1. The fraction of sp³-hybridized carbons (Fsp3) is 0.238. The molecule has 0 bridgehead atoms. The average Bonchev–Trinajstić information content (AvgIpc) is 3.18. The van der Waals surface area contributed by atoms with Gasteiger partial charge in [0.1, 0.15) is 18.2 Å². The minimum absolute atomic E-state index is 0.164. The van der Waals surface area contributed by atoms with Crippen LogP contribution < -0.4 is 15.8 Å². The highest BCUT2D eigenvalue weighted by atomic mass is 19.1. The number of carbonyl (C=O) groups excluding carboxylic acids is 1. The largest absolute Gasteiger partial charge is 0.489 e. The van der Waals surface area contributed by atoms with Crippen LogP contribution in [0.5, 0.6) is 5.75 Å². The number of benzene rings is 2. The number of ether oxygens (including phenoxy) is 1. The Morgan fingerprint density at radius 3 is 2.79 bits per heavy atom. The number of primary amides is 1. The molecule has 146 valence electrons. The summed E-state index contributed by atoms with van der Waals surface area (Å²) in [6, 6.07) is 11.7. The van der Waals surface area contributed by atoms with E-state index in [0.29, 0.717) is 24.3 Å². The van der Waals surface area contributed by atoms with Crippen molar-refractivity contribution in [1.29, 1.82) is 0 Å². The van der Waals surface area contributed by atoms with Crippen LogP contribution in [0.15, 0.2) is 55.0 Å². The molecule has 1 amide bonds. The summed E-state index contributed by atoms with van der Waals surface area (Å²) >= 11 is 0. The van der Waals surface area contributed by atoms with E-state index in [2.05, 4.69) is 15.3 Å². The zero-order chi connectivity index (χ0) is 19.9. The summed E-state index contributed by atoms with van der Waals surface area (Å²) in [6.07, 6.45) is 3.68. The van der Waals surface area contributed by atoms with Crippen molar-refractivity contribution >= 4 is 5.91 Å². The third kappa shape index (κ3) is 5.17. The molecule has 0 saturated heterocycles. The van der Waals surface area contributed by atoms with Crippen molar-refractivity contribution in [3.63, 3.8) is 0 Å². The first kappa shape index (κ1) is 19.6. The molecule has 3 aromatic rings. The zero-order valence-electron chi connectivity index (χ0n) is 15.6. The molecule has 4 N–H and O–H groups in total. The van der Waals surface area contributed by atoms with Gasteiger partial charge >= 0.3 is 0 Å². The smallest absolute Gasteiger partial charge is 0.234 e. The van der Waals surface area contributed by atoms with Gasteiger partial charge < -0.3 is 20.8 Å². The lowest BCUT2D eigenvalue weighted by Crippen LogP contribution is -2.42. The highest BCUT2D eigenvalue weighted by Crippen LogP contribution is 2.19. The predicted molar refractivity (Wildman–Crippen MR) is 104 cm³/mol. The molecule has 1 atom stereocenters. The standard InChI is InChI=1S/C21H23FN4O2/c1-14-8-18(28-12-16-4-2-3-5-19(16)22)7-6-15(14)10-25-20(21(23)27)9-17-11-24-13-26-17/h2-8,11,13,20,25H,9-10,12H2,1H3,(H2,23,27)(H,24,26). The first-order valence-electron chi connectivity index (χ1n) is 8.98. The van der Waals surface area contributed by atoms with Crippen molar-refractivity contribution in [2.45, 2.75) is 32.5 Å². The topological polar surface area (TPSA) is 93.0 Å². The van der Waals surface area contributed by atoms with E-state index in [9.17, 15) is 9.18 Å². The predicted octanol–water partition coefficient (Wildman–Crippen LogP) is 2.62. The van der Waals surface area contributed by atoms with Crippen LogP contribution in [0.1, 0.15) is 22.4 Å². The molecule has 0 aliphatic heterocycles. The Morgan fingerprint density at radius 2 is 2.11 bits per heavy atom. The van der Waals surface area contributed by atoms with E-state index >= 15 is 0 Å². The van der Waals surface area contributed by atoms with Gasteiger partial charge in [-0.1, -0.05) is 24.3 Å². The maximum atomic E-state index is 13.7. The first-order chi connectivity index (χ1) is 13.5. The quantitative estimate of drug-likeness (QED) is 0.530. The van der Waals surface area contributed by atoms with Gasteiger partial charge in [-0.05, 0) is 36.2 Å². The van der Waals surface area contributed by atoms with Crippen LogP contribution in [-0.2, 0) is 24.4 Å². The number of hydrogen-bond acceptors (Lipinski definition) is 4. The van der Waals surface area contributed by atoms with E-state index in [1.54, 1.807) is 30.7 Å². The molecule has 3 rings (SSSR count).